The molecule has 3 heterocycles. The predicted octanol–water partition coefficient (Wildman–Crippen LogP) is 2.26. The Kier molecular flexibility index (Phi) is 6.41. The molecule has 3 aromatic rings. The van der Waals surface area contributed by atoms with E-state index >= 15 is 0 Å². The van der Waals surface area contributed by atoms with E-state index in [4.69, 9.17) is 0 Å². The van der Waals surface area contributed by atoms with Gasteiger partial charge >= 0.3 is 0 Å². The van der Waals surface area contributed by atoms with Crippen LogP contribution >= 0.6 is 0 Å². The van der Waals surface area contributed by atoms with E-state index in [-0.39, 0.29) is 16.4 Å². The maximum atomic E-state index is 13.0. The Morgan fingerprint density at radius 1 is 1.03 bits per heavy atom. The number of hydrazine groups is 1. The van der Waals surface area contributed by atoms with Gasteiger partial charge < -0.3 is 0 Å². The number of aromatic nitrogens is 3. The van der Waals surface area contributed by atoms with Gasteiger partial charge in [0.1, 0.15) is 0 Å². The van der Waals surface area contributed by atoms with Crippen LogP contribution in [0, 0.1) is 6.92 Å². The molecule has 0 atom stereocenters. The fraction of sp³-hybridized carbons (Fsp3) is 0.391. The highest BCUT2D eigenvalue weighted by atomic mass is 32.2. The van der Waals surface area contributed by atoms with Crippen LogP contribution in [0.5, 0.6) is 0 Å². The number of aryl methyl sites for hydroxylation is 2. The van der Waals surface area contributed by atoms with Crippen molar-refractivity contribution in [1.82, 2.24) is 29.9 Å². The van der Waals surface area contributed by atoms with Gasteiger partial charge in [-0.25, -0.2) is 13.4 Å². The molecule has 180 valence electrons. The summed E-state index contributed by atoms with van der Waals surface area (Å²) in [6.45, 7) is 6.77. The van der Waals surface area contributed by atoms with Crippen molar-refractivity contribution in [3.05, 3.63) is 52.8 Å². The normalized spacial score (nSPS) is 14.6. The van der Waals surface area contributed by atoms with Gasteiger partial charge in [-0.15, -0.1) is 0 Å². The Morgan fingerprint density at radius 3 is 2.26 bits per heavy atom. The zero-order valence-electron chi connectivity index (χ0n) is 19.6. The number of nitrogens with zero attached hydrogens (tertiary/aromatic N) is 4. The van der Waals surface area contributed by atoms with Crippen molar-refractivity contribution in [3.63, 3.8) is 0 Å². The summed E-state index contributed by atoms with van der Waals surface area (Å²) >= 11 is 0. The van der Waals surface area contributed by atoms with Gasteiger partial charge in [0.2, 0.25) is 10.0 Å². The van der Waals surface area contributed by atoms with Gasteiger partial charge in [-0.3, -0.25) is 25.1 Å². The van der Waals surface area contributed by atoms with Crippen molar-refractivity contribution >= 4 is 32.9 Å². The van der Waals surface area contributed by atoms with Crippen LogP contribution < -0.4 is 10.9 Å². The number of hydrogen-bond acceptors (Lipinski definition) is 6. The predicted molar refractivity (Wildman–Crippen MR) is 127 cm³/mol. The monoisotopic (exact) mass is 484 g/mol. The lowest BCUT2D eigenvalue weighted by Crippen LogP contribution is -2.41. The summed E-state index contributed by atoms with van der Waals surface area (Å²) in [4.78, 5) is 30.3. The summed E-state index contributed by atoms with van der Waals surface area (Å²) < 4.78 is 28.4. The SMILES string of the molecule is Cc1nn(C)c2nc(C(C)C)cc(C(=O)NNC(=O)c3ccc(S(=O)(=O)N4CCCC4)cc3)c12. The fourth-order valence-corrected chi connectivity index (χ4v) is 5.56. The summed E-state index contributed by atoms with van der Waals surface area (Å²) in [5.74, 6) is -0.959. The lowest BCUT2D eigenvalue weighted by atomic mass is 10.0. The lowest BCUT2D eigenvalue weighted by Gasteiger charge is -2.15. The Labute approximate surface area is 198 Å². The number of carbonyl (C=O) groups excluding carboxylic acids is 2. The number of benzene rings is 1. The molecule has 0 saturated carbocycles. The Morgan fingerprint density at radius 2 is 1.65 bits per heavy atom. The minimum Gasteiger partial charge on any atom is -0.267 e. The van der Waals surface area contributed by atoms with Crippen molar-refractivity contribution in [2.45, 2.75) is 44.4 Å². The van der Waals surface area contributed by atoms with E-state index in [1.807, 2.05) is 13.8 Å². The molecule has 0 radical (unpaired) electrons. The average Bonchev–Trinajstić information content (AvgIpc) is 3.46. The Balaban J connectivity index is 1.50. The van der Waals surface area contributed by atoms with Crippen LogP contribution in [0.15, 0.2) is 35.2 Å². The van der Waals surface area contributed by atoms with Crippen LogP contribution in [-0.2, 0) is 17.1 Å². The molecule has 11 heteroatoms. The molecular weight excluding hydrogens is 456 g/mol. The van der Waals surface area contributed by atoms with Crippen LogP contribution in [0.25, 0.3) is 11.0 Å². The molecule has 2 amide bonds. The molecule has 1 saturated heterocycles. The number of nitrogens with one attached hydrogen (secondary N) is 2. The zero-order chi connectivity index (χ0) is 24.6. The molecule has 1 aromatic carbocycles. The minimum atomic E-state index is -3.56. The van der Waals surface area contributed by atoms with Gasteiger partial charge in [0.05, 0.1) is 21.5 Å². The highest BCUT2D eigenvalue weighted by Gasteiger charge is 2.27. The van der Waals surface area contributed by atoms with Crippen molar-refractivity contribution in [2.75, 3.05) is 13.1 Å². The van der Waals surface area contributed by atoms with Crippen LogP contribution in [0.4, 0.5) is 0 Å². The number of rotatable bonds is 5. The lowest BCUT2D eigenvalue weighted by molar-refractivity contribution is 0.0847. The number of sulfonamides is 1. The molecule has 2 N–H and O–H groups in total. The second-order valence-electron chi connectivity index (χ2n) is 8.70. The first kappa shape index (κ1) is 23.8. The summed E-state index contributed by atoms with van der Waals surface area (Å²) in [5, 5.41) is 4.99. The van der Waals surface area contributed by atoms with E-state index in [0.29, 0.717) is 35.4 Å². The number of pyridine rings is 1. The average molecular weight is 485 g/mol. The van der Waals surface area contributed by atoms with E-state index in [1.165, 1.54) is 28.6 Å². The van der Waals surface area contributed by atoms with E-state index in [2.05, 4.69) is 20.9 Å². The number of hydrogen-bond donors (Lipinski definition) is 2. The number of fused-ring (bicyclic) bond motifs is 1. The summed E-state index contributed by atoms with van der Waals surface area (Å²) in [6.07, 6.45) is 1.70. The third kappa shape index (κ3) is 4.40. The van der Waals surface area contributed by atoms with E-state index in [0.717, 1.165) is 18.5 Å². The zero-order valence-corrected chi connectivity index (χ0v) is 20.4. The summed E-state index contributed by atoms with van der Waals surface area (Å²) in [6, 6.07) is 7.38. The molecule has 10 nitrogen and oxygen atoms in total. The van der Waals surface area contributed by atoms with Gasteiger partial charge in [0.25, 0.3) is 11.8 Å². The smallest absolute Gasteiger partial charge is 0.267 e. The molecule has 0 unspecified atom stereocenters. The van der Waals surface area contributed by atoms with Crippen molar-refractivity contribution in [2.24, 2.45) is 7.05 Å². The molecular formula is C23H28N6O4S. The Hall–Kier alpha value is -3.31. The third-order valence-electron chi connectivity index (χ3n) is 5.93. The van der Waals surface area contributed by atoms with Crippen molar-refractivity contribution in [3.8, 4) is 0 Å². The molecule has 0 bridgehead atoms. The van der Waals surface area contributed by atoms with E-state index < -0.39 is 21.8 Å². The molecule has 1 aliphatic rings. The highest BCUT2D eigenvalue weighted by Crippen LogP contribution is 2.25. The Bertz CT molecular complexity index is 1360. The quantitative estimate of drug-likeness (QED) is 0.535. The van der Waals surface area contributed by atoms with Gasteiger partial charge in [-0.2, -0.15) is 9.40 Å². The van der Waals surface area contributed by atoms with Crippen molar-refractivity contribution < 1.29 is 18.0 Å². The van der Waals surface area contributed by atoms with Gasteiger partial charge in [-0.05, 0) is 56.0 Å². The van der Waals surface area contributed by atoms with Crippen molar-refractivity contribution in [1.29, 1.82) is 0 Å². The van der Waals surface area contributed by atoms with E-state index in [9.17, 15) is 18.0 Å². The van der Waals surface area contributed by atoms with E-state index in [1.54, 1.807) is 24.7 Å². The molecule has 2 aromatic heterocycles. The number of amides is 2. The molecule has 4 rings (SSSR count). The second kappa shape index (κ2) is 9.15. The summed E-state index contributed by atoms with van der Waals surface area (Å²) in [5.41, 5.74) is 7.44. The standard InChI is InChI=1S/C23H28N6O4S/c1-14(2)19-13-18(20-15(3)27-28(4)21(20)24-19)23(31)26-25-22(30)16-7-9-17(10-8-16)34(32,33)29-11-5-6-12-29/h7-10,13-14H,5-6,11-12H2,1-4H3,(H,25,30)(H,26,31). The molecule has 34 heavy (non-hydrogen) atoms. The first-order valence-corrected chi connectivity index (χ1v) is 12.6. The highest BCUT2D eigenvalue weighted by molar-refractivity contribution is 7.89. The van der Waals surface area contributed by atoms with Gasteiger partial charge in [-0.1, -0.05) is 13.8 Å². The molecule has 0 spiro atoms. The van der Waals surface area contributed by atoms with Gasteiger partial charge in [0, 0.05) is 31.4 Å². The largest absolute Gasteiger partial charge is 0.270 e. The first-order valence-electron chi connectivity index (χ1n) is 11.1. The van der Waals surface area contributed by atoms with Crippen LogP contribution in [-0.4, -0.2) is 52.4 Å². The fourth-order valence-electron chi connectivity index (χ4n) is 4.05. The van der Waals surface area contributed by atoms with Crippen LogP contribution in [0.3, 0.4) is 0 Å². The van der Waals surface area contributed by atoms with Gasteiger partial charge in [0.15, 0.2) is 5.65 Å². The van der Waals surface area contributed by atoms with Crippen LogP contribution in [0.1, 0.15) is 64.7 Å². The maximum absolute atomic E-state index is 13.0. The number of carbonyl (C=O) groups is 2. The molecule has 0 aliphatic carbocycles. The third-order valence-corrected chi connectivity index (χ3v) is 7.85. The topological polar surface area (TPSA) is 126 Å². The summed E-state index contributed by atoms with van der Waals surface area (Å²) in [7, 11) is -1.79. The first-order chi connectivity index (χ1) is 16.1. The molecule has 1 aliphatic heterocycles. The minimum absolute atomic E-state index is 0.0936. The second-order valence-corrected chi connectivity index (χ2v) is 10.6. The molecule has 1 fully saturated rings. The van der Waals surface area contributed by atoms with Crippen LogP contribution in [0.2, 0.25) is 0 Å². The maximum Gasteiger partial charge on any atom is 0.270 e.